The molecular formula is C38H32FN7O2. The molecule has 3 N–H and O–H groups in total. The summed E-state index contributed by atoms with van der Waals surface area (Å²) in [6.07, 6.45) is 9.35. The van der Waals surface area contributed by atoms with Crippen LogP contribution in [-0.2, 0) is 0 Å². The van der Waals surface area contributed by atoms with Gasteiger partial charge in [0.05, 0.1) is 34.8 Å². The number of pyridine rings is 2. The molecule has 7 aromatic rings. The highest BCUT2D eigenvalue weighted by Gasteiger charge is 2.17. The van der Waals surface area contributed by atoms with Crippen molar-refractivity contribution in [1.29, 1.82) is 0 Å². The van der Waals surface area contributed by atoms with E-state index in [1.165, 1.54) is 25.0 Å². The van der Waals surface area contributed by atoms with Crippen molar-refractivity contribution in [3.05, 3.63) is 115 Å². The molecule has 0 unspecified atom stereocenters. The molecule has 10 heteroatoms. The zero-order valence-electron chi connectivity index (χ0n) is 26.0. The Morgan fingerprint density at radius 1 is 0.833 bits per heavy atom. The number of aromatic nitrogens is 5. The van der Waals surface area contributed by atoms with Crippen molar-refractivity contribution in [3.8, 4) is 39.4 Å². The standard InChI is InChI=1S/C38H32FN7O2/c39-28-14-26(16-30(18-28)48-13-12-46-10-4-5-11-46)33-22-41-23-36-31(33)19-35(43-36)37-32-17-25(8-9-34(32)44-45-37)27-15-29(21-40-20-27)42-38(47)24-6-2-1-3-7-24/h1-3,6-9,14-23,43H,4-5,10-13H2,(H,42,47)(H,44,45). The number of carbonyl (C=O) groups excluding carboxylic acids is 1. The van der Waals surface area contributed by atoms with Gasteiger partial charge in [-0.2, -0.15) is 5.10 Å². The fraction of sp³-hybridized carbons (Fsp3) is 0.158. The van der Waals surface area contributed by atoms with Crippen molar-refractivity contribution in [3.63, 3.8) is 0 Å². The van der Waals surface area contributed by atoms with E-state index >= 15 is 0 Å². The highest BCUT2D eigenvalue weighted by molar-refractivity contribution is 6.05. The number of anilines is 1. The lowest BCUT2D eigenvalue weighted by Crippen LogP contribution is -2.25. The van der Waals surface area contributed by atoms with Gasteiger partial charge in [0.1, 0.15) is 23.9 Å². The Kier molecular flexibility index (Phi) is 7.83. The minimum Gasteiger partial charge on any atom is -0.492 e. The van der Waals surface area contributed by atoms with E-state index in [4.69, 9.17) is 4.74 Å². The zero-order valence-corrected chi connectivity index (χ0v) is 26.0. The van der Waals surface area contributed by atoms with Crippen molar-refractivity contribution in [2.24, 2.45) is 0 Å². The predicted molar refractivity (Wildman–Crippen MR) is 185 cm³/mol. The Bertz CT molecular complexity index is 2260. The van der Waals surface area contributed by atoms with E-state index in [1.807, 2.05) is 48.5 Å². The number of amides is 1. The van der Waals surface area contributed by atoms with Crippen LogP contribution in [0.3, 0.4) is 0 Å². The first-order chi connectivity index (χ1) is 23.6. The van der Waals surface area contributed by atoms with Gasteiger partial charge < -0.3 is 15.0 Å². The van der Waals surface area contributed by atoms with Crippen LogP contribution in [-0.4, -0.2) is 62.2 Å². The van der Waals surface area contributed by atoms with Crippen molar-refractivity contribution in [1.82, 2.24) is 30.0 Å². The van der Waals surface area contributed by atoms with E-state index in [-0.39, 0.29) is 11.7 Å². The van der Waals surface area contributed by atoms with E-state index < -0.39 is 0 Å². The monoisotopic (exact) mass is 637 g/mol. The number of benzene rings is 3. The summed E-state index contributed by atoms with van der Waals surface area (Å²) in [5.74, 6) is -0.0595. The van der Waals surface area contributed by atoms with E-state index in [0.717, 1.165) is 69.5 Å². The van der Waals surface area contributed by atoms with Gasteiger partial charge in [-0.1, -0.05) is 24.3 Å². The molecule has 0 saturated carbocycles. The largest absolute Gasteiger partial charge is 0.492 e. The van der Waals surface area contributed by atoms with Gasteiger partial charge in [0, 0.05) is 52.5 Å². The average molecular weight is 638 g/mol. The van der Waals surface area contributed by atoms with E-state index in [0.29, 0.717) is 29.2 Å². The number of carbonyl (C=O) groups is 1. The van der Waals surface area contributed by atoms with E-state index in [1.54, 1.807) is 36.9 Å². The molecule has 0 spiro atoms. The summed E-state index contributed by atoms with van der Waals surface area (Å²) in [5.41, 5.74) is 7.63. The van der Waals surface area contributed by atoms with Crippen molar-refractivity contribution < 1.29 is 13.9 Å². The number of hydrogen-bond donors (Lipinski definition) is 3. The van der Waals surface area contributed by atoms with E-state index in [2.05, 4.69) is 41.4 Å². The molecule has 9 nitrogen and oxygen atoms in total. The minimum atomic E-state index is -0.361. The number of hydrogen-bond acceptors (Lipinski definition) is 6. The van der Waals surface area contributed by atoms with Gasteiger partial charge >= 0.3 is 0 Å². The fourth-order valence-electron chi connectivity index (χ4n) is 6.37. The first-order valence-electron chi connectivity index (χ1n) is 16.0. The molecule has 0 bridgehead atoms. The van der Waals surface area contributed by atoms with Crippen LogP contribution in [0.5, 0.6) is 5.75 Å². The van der Waals surface area contributed by atoms with Crippen LogP contribution in [0, 0.1) is 5.82 Å². The highest BCUT2D eigenvalue weighted by atomic mass is 19.1. The predicted octanol–water partition coefficient (Wildman–Crippen LogP) is 7.70. The van der Waals surface area contributed by atoms with Crippen molar-refractivity contribution in [2.75, 3.05) is 31.6 Å². The molecule has 1 amide bonds. The van der Waals surface area contributed by atoms with Crippen LogP contribution in [0.1, 0.15) is 23.2 Å². The molecule has 1 saturated heterocycles. The number of nitrogens with one attached hydrogen (secondary N) is 3. The number of likely N-dealkylation sites (tertiary alicyclic amines) is 1. The summed E-state index contributed by atoms with van der Waals surface area (Å²) in [5, 5.41) is 12.5. The van der Waals surface area contributed by atoms with Crippen molar-refractivity contribution >= 4 is 33.4 Å². The van der Waals surface area contributed by atoms with Crippen LogP contribution in [0.2, 0.25) is 0 Å². The molecule has 0 aliphatic carbocycles. The van der Waals surface area contributed by atoms with Gasteiger partial charge in [-0.05, 0) is 85.6 Å². The Labute approximate surface area is 275 Å². The number of nitrogens with zero attached hydrogens (tertiary/aromatic N) is 4. The Balaban J connectivity index is 1.08. The van der Waals surface area contributed by atoms with Gasteiger partial charge in [-0.25, -0.2) is 4.39 Å². The second kappa shape index (κ2) is 12.7. The van der Waals surface area contributed by atoms with Crippen LogP contribution >= 0.6 is 0 Å². The number of fused-ring (bicyclic) bond motifs is 2. The fourth-order valence-corrected chi connectivity index (χ4v) is 6.37. The molecule has 48 heavy (non-hydrogen) atoms. The third-order valence-corrected chi connectivity index (χ3v) is 8.79. The second-order valence-electron chi connectivity index (χ2n) is 12.0. The molecule has 8 rings (SSSR count). The lowest BCUT2D eigenvalue weighted by molar-refractivity contribution is 0.102. The summed E-state index contributed by atoms with van der Waals surface area (Å²) in [6.45, 7) is 3.52. The van der Waals surface area contributed by atoms with Gasteiger partial charge in [0.25, 0.3) is 5.91 Å². The Hall–Kier alpha value is -5.87. The minimum absolute atomic E-state index is 0.200. The van der Waals surface area contributed by atoms with Crippen LogP contribution in [0.15, 0.2) is 104 Å². The summed E-state index contributed by atoms with van der Waals surface area (Å²) >= 11 is 0. The van der Waals surface area contributed by atoms with Gasteiger partial charge in [0.2, 0.25) is 0 Å². The first kappa shape index (κ1) is 29.5. The molecule has 5 heterocycles. The van der Waals surface area contributed by atoms with Gasteiger partial charge in [-0.15, -0.1) is 0 Å². The number of rotatable bonds is 9. The zero-order chi connectivity index (χ0) is 32.5. The van der Waals surface area contributed by atoms with Gasteiger partial charge in [0.15, 0.2) is 0 Å². The average Bonchev–Trinajstić information content (AvgIpc) is 3.88. The lowest BCUT2D eigenvalue weighted by atomic mass is 10.0. The highest BCUT2D eigenvalue weighted by Crippen LogP contribution is 2.36. The smallest absolute Gasteiger partial charge is 0.255 e. The first-order valence-corrected chi connectivity index (χ1v) is 16.0. The van der Waals surface area contributed by atoms with Crippen molar-refractivity contribution in [2.45, 2.75) is 12.8 Å². The number of aromatic amines is 2. The summed E-state index contributed by atoms with van der Waals surface area (Å²) in [6, 6.07) is 23.8. The number of ether oxygens (including phenoxy) is 1. The molecule has 3 aromatic carbocycles. The normalized spacial score (nSPS) is 13.4. The molecule has 1 aliphatic rings. The third kappa shape index (κ3) is 6.01. The molecule has 0 atom stereocenters. The maximum absolute atomic E-state index is 14.8. The molecule has 238 valence electrons. The maximum Gasteiger partial charge on any atom is 0.255 e. The Morgan fingerprint density at radius 2 is 1.69 bits per heavy atom. The van der Waals surface area contributed by atoms with Gasteiger partial charge in [-0.3, -0.25) is 24.8 Å². The Morgan fingerprint density at radius 3 is 2.56 bits per heavy atom. The molecule has 1 aliphatic heterocycles. The summed E-state index contributed by atoms with van der Waals surface area (Å²) in [4.78, 5) is 27.4. The molecule has 0 radical (unpaired) electrons. The number of halogens is 1. The molecule has 4 aromatic heterocycles. The maximum atomic E-state index is 14.8. The molecular weight excluding hydrogens is 605 g/mol. The second-order valence-corrected chi connectivity index (χ2v) is 12.0. The van der Waals surface area contributed by atoms with Crippen LogP contribution in [0.4, 0.5) is 10.1 Å². The number of H-pyrrole nitrogens is 2. The van der Waals surface area contributed by atoms with E-state index in [9.17, 15) is 9.18 Å². The summed E-state index contributed by atoms with van der Waals surface area (Å²) in [7, 11) is 0. The SMILES string of the molecule is O=C(Nc1cncc(-c2ccc3[nH]nc(-c4cc5c(-c6cc(F)cc(OCCN7CCCC7)c6)cncc5[nH]4)c3c2)c1)c1ccccc1. The lowest BCUT2D eigenvalue weighted by Gasteiger charge is -2.15. The van der Waals surface area contributed by atoms with Crippen LogP contribution < -0.4 is 10.1 Å². The summed E-state index contributed by atoms with van der Waals surface area (Å²) < 4.78 is 20.8. The van der Waals surface area contributed by atoms with Crippen LogP contribution in [0.25, 0.3) is 55.4 Å². The quantitative estimate of drug-likeness (QED) is 0.150. The third-order valence-electron chi connectivity index (χ3n) is 8.79. The molecule has 1 fully saturated rings. The topological polar surface area (TPSA) is 112 Å².